The largest absolute Gasteiger partial charge is 0.417 e. The molecule has 0 atom stereocenters. The molecule has 0 amide bonds. The Morgan fingerprint density at radius 1 is 1.15 bits per heavy atom. The summed E-state index contributed by atoms with van der Waals surface area (Å²) >= 11 is 0. The number of rotatable bonds is 8. The number of para-hydroxylation sites is 1. The molecule has 8 heteroatoms. The predicted molar refractivity (Wildman–Crippen MR) is 155 cm³/mol. The zero-order chi connectivity index (χ0) is 28.4. The van der Waals surface area contributed by atoms with Crippen LogP contribution in [0, 0.1) is 0 Å². The molecule has 1 aliphatic carbocycles. The van der Waals surface area contributed by atoms with Crippen LogP contribution in [-0.4, -0.2) is 9.55 Å². The zero-order valence-corrected chi connectivity index (χ0v) is 22.3. The van der Waals surface area contributed by atoms with Gasteiger partial charge in [0.15, 0.2) is 11.1 Å². The highest BCUT2D eigenvalue weighted by atomic mass is 19.4. The van der Waals surface area contributed by atoms with Crippen LogP contribution in [0.15, 0.2) is 102 Å². The fraction of sp³-hybridized carbons (Fsp3) is 0.226. The molecule has 4 rings (SSSR count). The van der Waals surface area contributed by atoms with Crippen LogP contribution < -0.4 is 16.1 Å². The van der Waals surface area contributed by atoms with Crippen molar-refractivity contribution < 1.29 is 13.2 Å². The van der Waals surface area contributed by atoms with E-state index in [-0.39, 0.29) is 17.9 Å². The highest BCUT2D eigenvalue weighted by molar-refractivity contribution is 5.87. The summed E-state index contributed by atoms with van der Waals surface area (Å²) in [6.45, 7) is 9.58. The summed E-state index contributed by atoms with van der Waals surface area (Å²) in [6, 6.07) is 11.2. The number of nitrogens with one attached hydrogen (secondary N) is 2. The molecule has 1 aliphatic rings. The molecule has 0 fully saturated rings. The van der Waals surface area contributed by atoms with Crippen LogP contribution in [-0.2, 0) is 12.7 Å². The molecule has 0 saturated carbocycles. The minimum atomic E-state index is -4.76. The maximum atomic E-state index is 14.3. The SMILES string of the molecule is C=C/C=C(\C=C/C)n1c(NC2=CCCC=C2)cc(=O)c2c(C(F)(F)F)cc(CNc3ccccc3)nc21.CC. The van der Waals surface area contributed by atoms with E-state index in [1.807, 2.05) is 62.4 Å². The van der Waals surface area contributed by atoms with Crippen LogP contribution >= 0.6 is 0 Å². The Balaban J connectivity index is 0.00000205. The van der Waals surface area contributed by atoms with Crippen LogP contribution in [0.5, 0.6) is 0 Å². The van der Waals surface area contributed by atoms with Crippen molar-refractivity contribution in [2.45, 2.75) is 46.3 Å². The lowest BCUT2D eigenvalue weighted by Gasteiger charge is -2.22. The minimum absolute atomic E-state index is 0.0346. The smallest absolute Gasteiger partial charge is 0.379 e. The van der Waals surface area contributed by atoms with Gasteiger partial charge in [0.1, 0.15) is 5.82 Å². The summed E-state index contributed by atoms with van der Waals surface area (Å²) in [7, 11) is 0. The fourth-order valence-corrected chi connectivity index (χ4v) is 4.13. The van der Waals surface area contributed by atoms with Crippen molar-refractivity contribution >= 4 is 28.2 Å². The predicted octanol–water partition coefficient (Wildman–Crippen LogP) is 8.30. The van der Waals surface area contributed by atoms with Crippen LogP contribution in [0.25, 0.3) is 16.7 Å². The first-order chi connectivity index (χ1) is 18.8. The Morgan fingerprint density at radius 3 is 2.51 bits per heavy atom. The van der Waals surface area contributed by atoms with Gasteiger partial charge in [0.2, 0.25) is 0 Å². The van der Waals surface area contributed by atoms with Crippen molar-refractivity contribution in [2.75, 3.05) is 10.6 Å². The molecular weight excluding hydrogens is 501 g/mol. The molecule has 2 heterocycles. The number of hydrogen-bond acceptors (Lipinski definition) is 4. The minimum Gasteiger partial charge on any atom is -0.379 e. The Labute approximate surface area is 226 Å². The van der Waals surface area contributed by atoms with Crippen molar-refractivity contribution in [1.29, 1.82) is 0 Å². The van der Waals surface area contributed by atoms with Gasteiger partial charge >= 0.3 is 6.18 Å². The van der Waals surface area contributed by atoms with Gasteiger partial charge < -0.3 is 10.6 Å². The van der Waals surface area contributed by atoms with Gasteiger partial charge in [0.05, 0.1) is 23.2 Å². The molecule has 39 heavy (non-hydrogen) atoms. The first-order valence-corrected chi connectivity index (χ1v) is 12.9. The number of allylic oxidation sites excluding steroid dienone is 8. The van der Waals surface area contributed by atoms with Crippen LogP contribution in [0.4, 0.5) is 24.7 Å². The average Bonchev–Trinajstić information content (AvgIpc) is 2.93. The number of aromatic nitrogens is 2. The highest BCUT2D eigenvalue weighted by Crippen LogP contribution is 2.35. The van der Waals surface area contributed by atoms with E-state index in [2.05, 4.69) is 22.2 Å². The standard InChI is InChI=1S/C29H27F3N4O.C2H6/c1-3-11-23(12-4-2)36-26(34-21-15-9-6-10-16-21)18-25(37)27-24(29(30,31)32)17-22(35-28(27)36)19-33-20-13-7-5-8-14-20;1-2/h3-5,7-9,11-18,33-34H,1,6,10,19H2,2H3;1-2H3/b12-4-,23-11+;. The second-order valence-corrected chi connectivity index (χ2v) is 8.40. The molecule has 0 spiro atoms. The number of benzene rings is 1. The van der Waals surface area contributed by atoms with Gasteiger partial charge in [-0.2, -0.15) is 13.2 Å². The first kappa shape index (κ1) is 29.2. The Morgan fingerprint density at radius 2 is 1.90 bits per heavy atom. The van der Waals surface area contributed by atoms with E-state index in [4.69, 9.17) is 0 Å². The van der Waals surface area contributed by atoms with Gasteiger partial charge in [-0.05, 0) is 56.2 Å². The Hall–Kier alpha value is -4.33. The molecule has 0 radical (unpaired) electrons. The third-order valence-electron chi connectivity index (χ3n) is 5.72. The number of halogens is 3. The van der Waals surface area contributed by atoms with E-state index in [0.717, 1.165) is 30.3 Å². The lowest BCUT2D eigenvalue weighted by molar-refractivity contribution is -0.136. The molecule has 0 bridgehead atoms. The summed E-state index contributed by atoms with van der Waals surface area (Å²) in [4.78, 5) is 17.8. The molecule has 0 saturated heterocycles. The van der Waals surface area contributed by atoms with Gasteiger partial charge in [0.25, 0.3) is 0 Å². The van der Waals surface area contributed by atoms with E-state index in [9.17, 15) is 18.0 Å². The maximum Gasteiger partial charge on any atom is 0.417 e. The summed E-state index contributed by atoms with van der Waals surface area (Å²) in [5, 5.41) is 5.82. The van der Waals surface area contributed by atoms with Crippen LogP contribution in [0.3, 0.4) is 0 Å². The lowest BCUT2D eigenvalue weighted by Crippen LogP contribution is -2.20. The van der Waals surface area contributed by atoms with Gasteiger partial charge in [-0.25, -0.2) is 4.98 Å². The van der Waals surface area contributed by atoms with E-state index >= 15 is 0 Å². The topological polar surface area (TPSA) is 59.0 Å². The summed E-state index contributed by atoms with van der Waals surface area (Å²) in [6.07, 6.45) is 9.47. The van der Waals surface area contributed by atoms with Crippen molar-refractivity contribution in [1.82, 2.24) is 9.55 Å². The van der Waals surface area contributed by atoms with Crippen molar-refractivity contribution in [3.05, 3.63) is 119 Å². The van der Waals surface area contributed by atoms with Gasteiger partial charge in [-0.3, -0.25) is 9.36 Å². The van der Waals surface area contributed by atoms with Gasteiger partial charge in [-0.1, -0.05) is 62.9 Å². The molecule has 0 unspecified atom stereocenters. The normalized spacial score (nSPS) is 13.6. The van der Waals surface area contributed by atoms with Gasteiger partial charge in [-0.15, -0.1) is 0 Å². The molecular formula is C31H33F3N4O. The summed E-state index contributed by atoms with van der Waals surface area (Å²) < 4.78 is 44.3. The van der Waals surface area contributed by atoms with E-state index < -0.39 is 22.6 Å². The number of pyridine rings is 2. The summed E-state index contributed by atoms with van der Waals surface area (Å²) in [5.41, 5.74) is 0.237. The fourth-order valence-electron chi connectivity index (χ4n) is 4.13. The molecule has 2 N–H and O–H groups in total. The van der Waals surface area contributed by atoms with Crippen LogP contribution in [0.2, 0.25) is 0 Å². The Bertz CT molecular complexity index is 1480. The number of alkyl halides is 3. The second-order valence-electron chi connectivity index (χ2n) is 8.40. The number of hydrogen-bond donors (Lipinski definition) is 2. The van der Waals surface area contributed by atoms with E-state index in [1.165, 1.54) is 16.7 Å². The van der Waals surface area contributed by atoms with Crippen molar-refractivity contribution in [2.24, 2.45) is 0 Å². The van der Waals surface area contributed by atoms with Crippen molar-refractivity contribution in [3.63, 3.8) is 0 Å². The number of nitrogens with zero attached hydrogens (tertiary/aromatic N) is 2. The third kappa shape index (κ3) is 7.16. The van der Waals surface area contributed by atoms with Gasteiger partial charge in [0, 0.05) is 23.1 Å². The maximum absolute atomic E-state index is 14.3. The van der Waals surface area contributed by atoms with E-state index in [1.54, 1.807) is 25.2 Å². The summed E-state index contributed by atoms with van der Waals surface area (Å²) in [5.74, 6) is 0.301. The highest BCUT2D eigenvalue weighted by Gasteiger charge is 2.35. The lowest BCUT2D eigenvalue weighted by atomic mass is 10.1. The van der Waals surface area contributed by atoms with E-state index in [0.29, 0.717) is 11.5 Å². The molecule has 1 aromatic carbocycles. The quantitative estimate of drug-likeness (QED) is 0.285. The molecule has 204 valence electrons. The Kier molecular flexibility index (Phi) is 10.1. The third-order valence-corrected chi connectivity index (χ3v) is 5.72. The van der Waals surface area contributed by atoms with Crippen molar-refractivity contribution in [3.8, 4) is 0 Å². The monoisotopic (exact) mass is 534 g/mol. The number of anilines is 2. The van der Waals surface area contributed by atoms with Crippen LogP contribution in [0.1, 0.15) is 44.9 Å². The molecule has 3 aromatic rings. The molecule has 5 nitrogen and oxygen atoms in total. The second kappa shape index (κ2) is 13.5. The zero-order valence-electron chi connectivity index (χ0n) is 22.3. The molecule has 0 aliphatic heterocycles. The first-order valence-electron chi connectivity index (χ1n) is 12.9. The average molecular weight is 535 g/mol. The number of fused-ring (bicyclic) bond motifs is 1. The molecule has 2 aromatic heterocycles.